The summed E-state index contributed by atoms with van der Waals surface area (Å²) in [5.74, 6) is -0.384. The van der Waals surface area contributed by atoms with Crippen LogP contribution in [0.5, 0.6) is 5.75 Å². The second kappa shape index (κ2) is 7.41. The number of nitriles is 1. The average molecular weight is 414 g/mol. The molecule has 1 aliphatic rings. The molecule has 8 heteroatoms. The van der Waals surface area contributed by atoms with E-state index in [1.54, 1.807) is 18.2 Å². The molecule has 0 aliphatic carbocycles. The van der Waals surface area contributed by atoms with Gasteiger partial charge in [0.05, 0.1) is 29.1 Å². The number of halogens is 3. The highest BCUT2D eigenvalue weighted by Crippen LogP contribution is 2.37. The number of aromatic nitrogens is 1. The van der Waals surface area contributed by atoms with Gasteiger partial charge in [-0.05, 0) is 48.7 Å². The Hall–Kier alpha value is -3.47. The van der Waals surface area contributed by atoms with E-state index >= 15 is 0 Å². The predicted octanol–water partition coefficient (Wildman–Crippen LogP) is 5.07. The second-order valence-corrected chi connectivity index (χ2v) is 7.29. The summed E-state index contributed by atoms with van der Waals surface area (Å²) in [7, 11) is 0. The van der Waals surface area contributed by atoms with Crippen LogP contribution in [0.25, 0.3) is 10.9 Å². The Bertz CT molecular complexity index is 1170. The van der Waals surface area contributed by atoms with Crippen molar-refractivity contribution in [1.82, 2.24) is 4.57 Å². The number of hydrogen-bond acceptors (Lipinski definition) is 3. The molecule has 2 aromatic carbocycles. The molecule has 0 spiro atoms. The largest absolute Gasteiger partial charge is 0.489 e. The summed E-state index contributed by atoms with van der Waals surface area (Å²) in [5.41, 5.74) is 0.797. The number of hydrogen-bond donors (Lipinski definition) is 1. The van der Waals surface area contributed by atoms with Crippen LogP contribution in [0.3, 0.4) is 0 Å². The van der Waals surface area contributed by atoms with Crippen LogP contribution in [-0.4, -0.2) is 15.6 Å². The van der Waals surface area contributed by atoms with Crippen molar-refractivity contribution in [2.75, 3.05) is 0 Å². The molecule has 0 saturated heterocycles. The van der Waals surface area contributed by atoms with Crippen molar-refractivity contribution in [3.8, 4) is 11.8 Å². The molecule has 0 saturated carbocycles. The molecular formula is C22H17F3N2O3. The third kappa shape index (κ3) is 3.71. The number of carboxylic acids is 1. The van der Waals surface area contributed by atoms with E-state index in [4.69, 9.17) is 15.1 Å². The van der Waals surface area contributed by atoms with Gasteiger partial charge in [0.15, 0.2) is 0 Å². The second-order valence-electron chi connectivity index (χ2n) is 7.29. The first-order valence-corrected chi connectivity index (χ1v) is 9.35. The third-order valence-electron chi connectivity index (χ3n) is 5.32. The van der Waals surface area contributed by atoms with Crippen LogP contribution in [0.15, 0.2) is 42.5 Å². The van der Waals surface area contributed by atoms with E-state index < -0.39 is 23.3 Å². The molecule has 3 aromatic rings. The van der Waals surface area contributed by atoms with E-state index in [1.165, 1.54) is 6.07 Å². The summed E-state index contributed by atoms with van der Waals surface area (Å²) in [6, 6.07) is 12.3. The SMILES string of the molecule is N#Cc1ccc(COc2ccc3cc4n(c3c2)C(CC(=O)O)CC4)cc1C(F)(F)F. The van der Waals surface area contributed by atoms with Crippen LogP contribution in [0.2, 0.25) is 0 Å². The number of fused-ring (bicyclic) bond motifs is 3. The lowest BCUT2D eigenvalue weighted by Gasteiger charge is -2.14. The summed E-state index contributed by atoms with van der Waals surface area (Å²) < 4.78 is 47.1. The van der Waals surface area contributed by atoms with Gasteiger partial charge in [0.1, 0.15) is 12.4 Å². The van der Waals surface area contributed by atoms with Crippen LogP contribution >= 0.6 is 0 Å². The van der Waals surface area contributed by atoms with Gasteiger partial charge >= 0.3 is 12.1 Å². The minimum atomic E-state index is -4.62. The van der Waals surface area contributed by atoms with E-state index in [2.05, 4.69) is 0 Å². The Morgan fingerprint density at radius 3 is 2.73 bits per heavy atom. The molecule has 2 heterocycles. The summed E-state index contributed by atoms with van der Waals surface area (Å²) in [4.78, 5) is 11.2. The lowest BCUT2D eigenvalue weighted by atomic mass is 10.0. The molecule has 1 N–H and O–H groups in total. The highest BCUT2D eigenvalue weighted by Gasteiger charge is 2.33. The Labute approximate surface area is 169 Å². The summed E-state index contributed by atoms with van der Waals surface area (Å²) >= 11 is 0. The number of aliphatic carboxylic acids is 1. The first-order valence-electron chi connectivity index (χ1n) is 9.35. The number of rotatable bonds is 5. The Balaban J connectivity index is 1.59. The molecular weight excluding hydrogens is 397 g/mol. The highest BCUT2D eigenvalue weighted by molar-refractivity contribution is 5.83. The fraction of sp³-hybridized carbons (Fsp3) is 0.273. The van der Waals surface area contributed by atoms with Gasteiger partial charge in [0.25, 0.3) is 0 Å². The molecule has 1 aromatic heterocycles. The predicted molar refractivity (Wildman–Crippen MR) is 102 cm³/mol. The van der Waals surface area contributed by atoms with Crippen molar-refractivity contribution in [2.45, 2.75) is 38.1 Å². The number of carboxylic acid groups (broad SMARTS) is 1. The zero-order chi connectivity index (χ0) is 21.5. The lowest BCUT2D eigenvalue weighted by molar-refractivity contribution is -0.138. The molecule has 5 nitrogen and oxygen atoms in total. The van der Waals surface area contributed by atoms with Gasteiger partial charge < -0.3 is 14.4 Å². The molecule has 0 fully saturated rings. The van der Waals surface area contributed by atoms with Crippen LogP contribution in [0, 0.1) is 11.3 Å². The van der Waals surface area contributed by atoms with Gasteiger partial charge in [-0.1, -0.05) is 6.07 Å². The first-order chi connectivity index (χ1) is 14.3. The molecule has 0 amide bonds. The van der Waals surface area contributed by atoms with Gasteiger partial charge in [0.2, 0.25) is 0 Å². The van der Waals surface area contributed by atoms with Gasteiger partial charge in [-0.2, -0.15) is 18.4 Å². The number of benzene rings is 2. The fourth-order valence-corrected chi connectivity index (χ4v) is 3.99. The molecule has 30 heavy (non-hydrogen) atoms. The quantitative estimate of drug-likeness (QED) is 0.632. The van der Waals surface area contributed by atoms with Crippen LogP contribution in [0.1, 0.15) is 41.3 Å². The Morgan fingerprint density at radius 2 is 2.03 bits per heavy atom. The molecule has 1 unspecified atom stereocenters. The molecule has 0 bridgehead atoms. The molecule has 1 aliphatic heterocycles. The van der Waals surface area contributed by atoms with Crippen molar-refractivity contribution >= 4 is 16.9 Å². The summed E-state index contributed by atoms with van der Waals surface area (Å²) in [6.07, 6.45) is -3.03. The minimum Gasteiger partial charge on any atom is -0.489 e. The number of ether oxygens (including phenoxy) is 1. The van der Waals surface area contributed by atoms with E-state index in [9.17, 15) is 18.0 Å². The smallest absolute Gasteiger partial charge is 0.417 e. The normalized spacial score (nSPS) is 15.7. The van der Waals surface area contributed by atoms with Gasteiger partial charge in [0, 0.05) is 23.2 Å². The highest BCUT2D eigenvalue weighted by atomic mass is 19.4. The van der Waals surface area contributed by atoms with Gasteiger partial charge in [-0.15, -0.1) is 0 Å². The molecule has 0 radical (unpaired) electrons. The first kappa shape index (κ1) is 19.8. The van der Waals surface area contributed by atoms with Crippen molar-refractivity contribution in [3.63, 3.8) is 0 Å². The third-order valence-corrected chi connectivity index (χ3v) is 5.32. The summed E-state index contributed by atoms with van der Waals surface area (Å²) in [5, 5.41) is 19.0. The summed E-state index contributed by atoms with van der Waals surface area (Å²) in [6.45, 7) is -0.0909. The Morgan fingerprint density at radius 1 is 1.23 bits per heavy atom. The monoisotopic (exact) mass is 414 g/mol. The maximum Gasteiger partial charge on any atom is 0.417 e. The number of aryl methyl sites for hydroxylation is 1. The maximum atomic E-state index is 13.1. The van der Waals surface area contributed by atoms with Crippen molar-refractivity contribution in [3.05, 3.63) is 64.8 Å². The molecule has 4 rings (SSSR count). The number of nitrogens with zero attached hydrogens (tertiary/aromatic N) is 2. The van der Waals surface area contributed by atoms with Crippen molar-refractivity contribution < 1.29 is 27.8 Å². The standard InChI is InChI=1S/C22H17F3N2O3/c23-22(24,25)19-7-13(1-2-15(19)11-26)12-30-18-6-3-14-8-16-4-5-17(9-21(28)29)27(16)20(14)10-18/h1-3,6-8,10,17H,4-5,9,12H2,(H,28,29). The van der Waals surface area contributed by atoms with E-state index in [0.717, 1.165) is 41.6 Å². The number of carbonyl (C=O) groups is 1. The fourth-order valence-electron chi connectivity index (χ4n) is 3.99. The lowest BCUT2D eigenvalue weighted by Crippen LogP contribution is -2.10. The van der Waals surface area contributed by atoms with E-state index in [1.807, 2.05) is 16.7 Å². The molecule has 1 atom stereocenters. The van der Waals surface area contributed by atoms with Crippen molar-refractivity contribution in [1.29, 1.82) is 5.26 Å². The molecule has 154 valence electrons. The van der Waals surface area contributed by atoms with Crippen molar-refractivity contribution in [2.24, 2.45) is 0 Å². The Kier molecular flexibility index (Phi) is 4.90. The van der Waals surface area contributed by atoms with Crippen LogP contribution in [0.4, 0.5) is 13.2 Å². The van der Waals surface area contributed by atoms with E-state index in [-0.39, 0.29) is 19.1 Å². The van der Waals surface area contributed by atoms with Gasteiger partial charge in [-0.25, -0.2) is 0 Å². The maximum absolute atomic E-state index is 13.1. The van der Waals surface area contributed by atoms with Crippen LogP contribution in [-0.2, 0) is 24.0 Å². The zero-order valence-electron chi connectivity index (χ0n) is 15.7. The van der Waals surface area contributed by atoms with Gasteiger partial charge in [-0.3, -0.25) is 4.79 Å². The number of alkyl halides is 3. The minimum absolute atomic E-state index is 0.0350. The zero-order valence-corrected chi connectivity index (χ0v) is 15.7. The van der Waals surface area contributed by atoms with E-state index in [0.29, 0.717) is 11.3 Å². The van der Waals surface area contributed by atoms with Crippen LogP contribution < -0.4 is 4.74 Å². The topological polar surface area (TPSA) is 75.2 Å². The average Bonchev–Trinajstić information content (AvgIpc) is 3.24.